The van der Waals surface area contributed by atoms with Crippen LogP contribution in [-0.2, 0) is 16.6 Å². The number of hydrogen-bond acceptors (Lipinski definition) is 5. The molecular weight excluding hydrogens is 324 g/mol. The number of sulfonamides is 1. The first kappa shape index (κ1) is 17.3. The highest BCUT2D eigenvalue weighted by Gasteiger charge is 2.26. The van der Waals surface area contributed by atoms with Crippen molar-refractivity contribution < 1.29 is 8.42 Å². The molecular formula is C14H24N2O2S3. The summed E-state index contributed by atoms with van der Waals surface area (Å²) in [6, 6.07) is 1.87. The van der Waals surface area contributed by atoms with E-state index in [2.05, 4.69) is 16.3 Å². The van der Waals surface area contributed by atoms with E-state index in [9.17, 15) is 8.42 Å². The van der Waals surface area contributed by atoms with Crippen LogP contribution in [0.4, 0.5) is 0 Å². The normalized spacial score (nSPS) is 23.3. The monoisotopic (exact) mass is 348 g/mol. The predicted molar refractivity (Wildman–Crippen MR) is 91.6 cm³/mol. The SMILES string of the molecule is CCNCc1csc(S(=O)(=O)NC2CCCC(SC)C2)c1. The Balaban J connectivity index is 1.99. The minimum absolute atomic E-state index is 0.0838. The summed E-state index contributed by atoms with van der Waals surface area (Å²) in [7, 11) is -3.36. The van der Waals surface area contributed by atoms with Crippen LogP contribution in [0.25, 0.3) is 0 Å². The van der Waals surface area contributed by atoms with E-state index in [4.69, 9.17) is 0 Å². The average Bonchev–Trinajstić information content (AvgIpc) is 2.94. The van der Waals surface area contributed by atoms with E-state index in [1.807, 2.05) is 24.1 Å². The van der Waals surface area contributed by atoms with Crippen molar-refractivity contribution in [3.05, 3.63) is 17.0 Å². The molecule has 2 N–H and O–H groups in total. The second-order valence-electron chi connectivity index (χ2n) is 5.40. The van der Waals surface area contributed by atoms with Gasteiger partial charge in [-0.05, 0) is 49.1 Å². The van der Waals surface area contributed by atoms with Gasteiger partial charge in [0.2, 0.25) is 10.0 Å². The highest BCUT2D eigenvalue weighted by atomic mass is 32.2. The quantitative estimate of drug-likeness (QED) is 0.795. The molecule has 1 aromatic heterocycles. The van der Waals surface area contributed by atoms with Gasteiger partial charge in [0.25, 0.3) is 0 Å². The van der Waals surface area contributed by atoms with Gasteiger partial charge in [-0.2, -0.15) is 11.8 Å². The standard InChI is InChI=1S/C14H24N2O2S3/c1-3-15-9-11-7-14(20-10-11)21(17,18)16-12-5-4-6-13(8-12)19-2/h7,10,12-13,15-16H,3-6,8-9H2,1-2H3. The average molecular weight is 349 g/mol. The first-order valence-electron chi connectivity index (χ1n) is 7.38. The van der Waals surface area contributed by atoms with Gasteiger partial charge in [0.1, 0.15) is 4.21 Å². The summed E-state index contributed by atoms with van der Waals surface area (Å²) in [5.41, 5.74) is 1.04. The third kappa shape index (κ3) is 4.96. The Morgan fingerprint density at radius 3 is 2.95 bits per heavy atom. The maximum atomic E-state index is 12.5. The van der Waals surface area contributed by atoms with Crippen LogP contribution in [0.2, 0.25) is 0 Å². The lowest BCUT2D eigenvalue weighted by Gasteiger charge is -2.28. The van der Waals surface area contributed by atoms with E-state index in [1.165, 1.54) is 17.8 Å². The van der Waals surface area contributed by atoms with E-state index < -0.39 is 10.0 Å². The maximum absolute atomic E-state index is 12.5. The minimum atomic E-state index is -3.36. The number of nitrogens with one attached hydrogen (secondary N) is 2. The molecule has 21 heavy (non-hydrogen) atoms. The molecule has 1 aromatic rings. The molecule has 0 amide bonds. The topological polar surface area (TPSA) is 58.2 Å². The molecule has 120 valence electrons. The Bertz CT molecular complexity index is 542. The van der Waals surface area contributed by atoms with E-state index in [0.29, 0.717) is 9.46 Å². The highest BCUT2D eigenvalue weighted by molar-refractivity contribution is 7.99. The van der Waals surface area contributed by atoms with Gasteiger partial charge in [-0.3, -0.25) is 0 Å². The van der Waals surface area contributed by atoms with Crippen LogP contribution in [-0.4, -0.2) is 32.5 Å². The summed E-state index contributed by atoms with van der Waals surface area (Å²) in [5, 5.41) is 5.71. The van der Waals surface area contributed by atoms with Gasteiger partial charge in [0.05, 0.1) is 0 Å². The fourth-order valence-corrected chi connectivity index (χ4v) is 5.94. The van der Waals surface area contributed by atoms with Crippen LogP contribution >= 0.6 is 23.1 Å². The van der Waals surface area contributed by atoms with Crippen molar-refractivity contribution in [2.45, 2.75) is 54.7 Å². The van der Waals surface area contributed by atoms with Crippen molar-refractivity contribution in [3.8, 4) is 0 Å². The Morgan fingerprint density at radius 1 is 1.43 bits per heavy atom. The van der Waals surface area contributed by atoms with Crippen molar-refractivity contribution >= 4 is 33.1 Å². The molecule has 1 heterocycles. The van der Waals surface area contributed by atoms with Crippen molar-refractivity contribution in [2.24, 2.45) is 0 Å². The molecule has 1 saturated carbocycles. The summed E-state index contributed by atoms with van der Waals surface area (Å²) >= 11 is 3.15. The van der Waals surface area contributed by atoms with Gasteiger partial charge in [-0.15, -0.1) is 11.3 Å². The van der Waals surface area contributed by atoms with Crippen LogP contribution < -0.4 is 10.0 Å². The van der Waals surface area contributed by atoms with Crippen molar-refractivity contribution in [2.75, 3.05) is 12.8 Å². The molecule has 0 aliphatic heterocycles. The summed E-state index contributed by atoms with van der Waals surface area (Å²) < 4.78 is 28.2. The van der Waals surface area contributed by atoms with Gasteiger partial charge in [-0.1, -0.05) is 13.3 Å². The summed E-state index contributed by atoms with van der Waals surface area (Å²) in [4.78, 5) is 0. The Hall–Kier alpha value is -0.0800. The van der Waals surface area contributed by atoms with E-state index >= 15 is 0 Å². The molecule has 7 heteroatoms. The molecule has 2 unspecified atom stereocenters. The predicted octanol–water partition coefficient (Wildman–Crippen LogP) is 2.81. The Labute approximate surface area is 136 Å². The first-order valence-corrected chi connectivity index (χ1v) is 11.0. The molecule has 0 saturated heterocycles. The Kier molecular flexibility index (Phi) is 6.55. The smallest absolute Gasteiger partial charge is 0.250 e. The molecule has 2 rings (SSSR count). The van der Waals surface area contributed by atoms with Gasteiger partial charge in [0, 0.05) is 17.8 Å². The second-order valence-corrected chi connectivity index (χ2v) is 9.39. The van der Waals surface area contributed by atoms with Crippen molar-refractivity contribution in [3.63, 3.8) is 0 Å². The number of rotatable bonds is 7. The number of hydrogen-bond donors (Lipinski definition) is 2. The fraction of sp³-hybridized carbons (Fsp3) is 0.714. The highest BCUT2D eigenvalue weighted by Crippen LogP contribution is 2.28. The zero-order chi connectivity index (χ0) is 15.3. The van der Waals surface area contributed by atoms with Crippen molar-refractivity contribution in [1.82, 2.24) is 10.0 Å². The lowest BCUT2D eigenvalue weighted by Crippen LogP contribution is -2.38. The van der Waals surface area contributed by atoms with Crippen molar-refractivity contribution in [1.29, 1.82) is 0 Å². The van der Waals surface area contributed by atoms with Crippen LogP contribution in [0.1, 0.15) is 38.2 Å². The van der Waals surface area contributed by atoms with Gasteiger partial charge >= 0.3 is 0 Å². The lowest BCUT2D eigenvalue weighted by atomic mass is 9.96. The molecule has 1 aliphatic carbocycles. The van der Waals surface area contributed by atoms with E-state index in [0.717, 1.165) is 37.9 Å². The van der Waals surface area contributed by atoms with Gasteiger partial charge < -0.3 is 5.32 Å². The molecule has 0 bridgehead atoms. The van der Waals surface area contributed by atoms with Crippen LogP contribution in [0.3, 0.4) is 0 Å². The molecule has 0 spiro atoms. The van der Waals surface area contributed by atoms with Crippen LogP contribution in [0.5, 0.6) is 0 Å². The number of thiophene rings is 1. The first-order chi connectivity index (χ1) is 10.0. The largest absolute Gasteiger partial charge is 0.313 e. The zero-order valence-corrected chi connectivity index (χ0v) is 15.0. The summed E-state index contributed by atoms with van der Waals surface area (Å²) in [6.07, 6.45) is 6.30. The van der Waals surface area contributed by atoms with Gasteiger partial charge in [0.15, 0.2) is 0 Å². The molecule has 2 atom stereocenters. The third-order valence-electron chi connectivity index (χ3n) is 3.75. The summed E-state index contributed by atoms with van der Waals surface area (Å²) in [6.45, 7) is 3.64. The minimum Gasteiger partial charge on any atom is -0.313 e. The molecule has 0 radical (unpaired) electrons. The third-order valence-corrected chi connectivity index (χ3v) is 7.86. The van der Waals surface area contributed by atoms with E-state index in [-0.39, 0.29) is 6.04 Å². The van der Waals surface area contributed by atoms with E-state index in [1.54, 1.807) is 6.07 Å². The number of thioether (sulfide) groups is 1. The zero-order valence-electron chi connectivity index (χ0n) is 12.6. The molecule has 0 aromatic carbocycles. The second kappa shape index (κ2) is 7.97. The maximum Gasteiger partial charge on any atom is 0.250 e. The Morgan fingerprint density at radius 2 is 2.24 bits per heavy atom. The fourth-order valence-electron chi connectivity index (χ4n) is 2.60. The summed E-state index contributed by atoms with van der Waals surface area (Å²) in [5.74, 6) is 0. The van der Waals surface area contributed by atoms with Crippen LogP contribution in [0, 0.1) is 0 Å². The molecule has 1 aliphatic rings. The molecule has 4 nitrogen and oxygen atoms in total. The molecule has 1 fully saturated rings. The van der Waals surface area contributed by atoms with Crippen LogP contribution in [0.15, 0.2) is 15.7 Å². The van der Waals surface area contributed by atoms with Gasteiger partial charge in [-0.25, -0.2) is 13.1 Å². The lowest BCUT2D eigenvalue weighted by molar-refractivity contribution is 0.421.